The molecule has 1 spiro atoms. The number of rotatable bonds is 2. The van der Waals surface area contributed by atoms with E-state index >= 15 is 0 Å². The van der Waals surface area contributed by atoms with Gasteiger partial charge in [-0.15, -0.1) is 0 Å². The van der Waals surface area contributed by atoms with E-state index in [1.165, 1.54) is 0 Å². The number of nitrogens with one attached hydrogen (secondary N) is 1. The standard InChI is InChI=1S/C27H39N5O5S/c1-30-17-23(33)15-29-38(35,36)25-8-7-21(22-14-28-31(2)16-22)13-24(25)37-19-27(18-30)9-11-32(12-10-27)26(34)20-5-3-4-6-20/h7-8,13-14,16,20,23,29,33H,3-6,9-12,15,17-19H2,1-2H3. The number of likely N-dealkylation sites (tertiary alicyclic amines) is 1. The van der Waals surface area contributed by atoms with Gasteiger partial charge in [0, 0.05) is 62.9 Å². The van der Waals surface area contributed by atoms with Crippen molar-refractivity contribution in [2.45, 2.75) is 49.5 Å². The summed E-state index contributed by atoms with van der Waals surface area (Å²) in [6.07, 6.45) is 8.51. The maximum absolute atomic E-state index is 13.2. The number of β-amino-alcohol motifs (C(OH)–C–C–N with tert-alkyl or cyclic N) is 1. The van der Waals surface area contributed by atoms with E-state index in [4.69, 9.17) is 4.74 Å². The van der Waals surface area contributed by atoms with E-state index in [0.717, 1.165) is 49.7 Å². The smallest absolute Gasteiger partial charge is 0.244 e. The molecule has 3 aliphatic rings. The summed E-state index contributed by atoms with van der Waals surface area (Å²) in [5.74, 6) is 0.712. The molecule has 1 saturated carbocycles. The van der Waals surface area contributed by atoms with Gasteiger partial charge in [-0.05, 0) is 50.4 Å². The summed E-state index contributed by atoms with van der Waals surface area (Å²) in [6.45, 7) is 2.57. The van der Waals surface area contributed by atoms with Gasteiger partial charge in [0.25, 0.3) is 0 Å². The summed E-state index contributed by atoms with van der Waals surface area (Å²) in [5.41, 5.74) is 1.39. The summed E-state index contributed by atoms with van der Waals surface area (Å²) < 4.78 is 37.1. The number of aliphatic hydroxyl groups is 1. The van der Waals surface area contributed by atoms with Crippen LogP contribution in [0.3, 0.4) is 0 Å². The number of hydrogen-bond donors (Lipinski definition) is 2. The summed E-state index contributed by atoms with van der Waals surface area (Å²) in [7, 11) is -0.142. The van der Waals surface area contributed by atoms with Crippen LogP contribution in [0.5, 0.6) is 5.75 Å². The Morgan fingerprint density at radius 2 is 1.89 bits per heavy atom. The molecule has 2 N–H and O–H groups in total. The number of aliphatic hydroxyl groups excluding tert-OH is 1. The molecule has 1 amide bonds. The fourth-order valence-corrected chi connectivity index (χ4v) is 7.35. The largest absolute Gasteiger partial charge is 0.492 e. The van der Waals surface area contributed by atoms with Gasteiger partial charge in [-0.3, -0.25) is 9.48 Å². The number of amides is 1. The number of carbonyl (C=O) groups excluding carboxylic acids is 1. The lowest BCUT2D eigenvalue weighted by Gasteiger charge is -2.44. The minimum Gasteiger partial charge on any atom is -0.492 e. The van der Waals surface area contributed by atoms with E-state index in [0.29, 0.717) is 32.8 Å². The van der Waals surface area contributed by atoms with Gasteiger partial charge in [0.1, 0.15) is 10.6 Å². The number of sulfonamides is 1. The lowest BCUT2D eigenvalue weighted by atomic mass is 9.78. The molecule has 0 radical (unpaired) electrons. The Kier molecular flexibility index (Phi) is 7.82. The van der Waals surface area contributed by atoms with Gasteiger partial charge in [-0.1, -0.05) is 18.9 Å². The highest BCUT2D eigenvalue weighted by Crippen LogP contribution is 2.37. The lowest BCUT2D eigenvalue weighted by molar-refractivity contribution is -0.138. The number of carbonyl (C=O) groups is 1. The number of benzene rings is 1. The number of likely N-dealkylation sites (N-methyl/N-ethyl adjacent to an activating group) is 1. The Labute approximate surface area is 225 Å². The van der Waals surface area contributed by atoms with Crippen molar-refractivity contribution in [3.05, 3.63) is 30.6 Å². The average Bonchev–Trinajstić information content (AvgIpc) is 3.58. The van der Waals surface area contributed by atoms with Crippen LogP contribution in [0.25, 0.3) is 11.1 Å². The van der Waals surface area contributed by atoms with Crippen molar-refractivity contribution >= 4 is 15.9 Å². The lowest BCUT2D eigenvalue weighted by Crippen LogP contribution is -2.52. The zero-order valence-electron chi connectivity index (χ0n) is 22.3. The molecule has 1 aromatic heterocycles. The third-order valence-corrected chi connectivity index (χ3v) is 9.75. The second kappa shape index (κ2) is 11.0. The maximum Gasteiger partial charge on any atom is 0.244 e. The monoisotopic (exact) mass is 545 g/mol. The number of fused-ring (bicyclic) bond motifs is 1. The Morgan fingerprint density at radius 1 is 1.16 bits per heavy atom. The van der Waals surface area contributed by atoms with Gasteiger partial charge in [0.05, 0.1) is 18.9 Å². The molecule has 11 heteroatoms. The van der Waals surface area contributed by atoms with Gasteiger partial charge in [0.15, 0.2) is 0 Å². The van der Waals surface area contributed by atoms with Crippen LogP contribution < -0.4 is 9.46 Å². The first-order valence-corrected chi connectivity index (χ1v) is 15.0. The molecule has 2 aliphatic heterocycles. The van der Waals surface area contributed by atoms with Crippen molar-refractivity contribution in [3.8, 4) is 16.9 Å². The molecule has 208 valence electrons. The highest BCUT2D eigenvalue weighted by Gasteiger charge is 2.40. The molecule has 1 unspecified atom stereocenters. The second-order valence-electron chi connectivity index (χ2n) is 11.4. The highest BCUT2D eigenvalue weighted by atomic mass is 32.2. The number of aromatic nitrogens is 2. The molecule has 1 aliphatic carbocycles. The number of nitrogens with zero attached hydrogens (tertiary/aromatic N) is 4. The molecule has 1 saturated heterocycles. The third kappa shape index (κ3) is 5.90. The minimum atomic E-state index is -3.91. The fourth-order valence-electron chi connectivity index (χ4n) is 6.15. The highest BCUT2D eigenvalue weighted by molar-refractivity contribution is 7.89. The quantitative estimate of drug-likeness (QED) is 0.592. The summed E-state index contributed by atoms with van der Waals surface area (Å²) in [6, 6.07) is 5.06. The molecular formula is C27H39N5O5S. The predicted molar refractivity (Wildman–Crippen MR) is 143 cm³/mol. The van der Waals surface area contributed by atoms with Crippen LogP contribution in [0.2, 0.25) is 0 Å². The van der Waals surface area contributed by atoms with Crippen LogP contribution in [0.4, 0.5) is 0 Å². The van der Waals surface area contributed by atoms with Gasteiger partial charge in [0.2, 0.25) is 15.9 Å². The molecule has 5 rings (SSSR count). The van der Waals surface area contributed by atoms with E-state index in [1.807, 2.05) is 30.1 Å². The molecule has 0 bridgehead atoms. The third-order valence-electron chi connectivity index (χ3n) is 8.28. The van der Waals surface area contributed by atoms with Gasteiger partial charge in [-0.25, -0.2) is 13.1 Å². The van der Waals surface area contributed by atoms with Crippen LogP contribution in [0, 0.1) is 11.3 Å². The van der Waals surface area contributed by atoms with E-state index in [-0.39, 0.29) is 34.4 Å². The maximum atomic E-state index is 13.2. The first-order valence-electron chi connectivity index (χ1n) is 13.6. The number of aryl methyl sites for hydroxylation is 1. The number of hydrogen-bond acceptors (Lipinski definition) is 7. The normalized spacial score (nSPS) is 24.8. The van der Waals surface area contributed by atoms with Crippen molar-refractivity contribution in [3.63, 3.8) is 0 Å². The van der Waals surface area contributed by atoms with E-state index < -0.39 is 16.1 Å². The molecular weight excluding hydrogens is 506 g/mol. The number of ether oxygens (including phenoxy) is 1. The first-order chi connectivity index (χ1) is 18.1. The SMILES string of the molecule is CN1CC(O)CNS(=O)(=O)c2ccc(-c3cnn(C)c3)cc2OCC2(CCN(C(=O)C3CCCC3)CC2)C1. The second-order valence-corrected chi connectivity index (χ2v) is 13.1. The molecule has 38 heavy (non-hydrogen) atoms. The van der Waals surface area contributed by atoms with Crippen LogP contribution in [-0.4, -0.2) is 91.5 Å². The average molecular weight is 546 g/mol. The summed E-state index contributed by atoms with van der Waals surface area (Å²) in [5, 5.41) is 14.8. The summed E-state index contributed by atoms with van der Waals surface area (Å²) >= 11 is 0. The predicted octanol–water partition coefficient (Wildman–Crippen LogP) is 1.85. The molecule has 1 atom stereocenters. The van der Waals surface area contributed by atoms with E-state index in [1.54, 1.807) is 29.1 Å². The summed E-state index contributed by atoms with van der Waals surface area (Å²) in [4.78, 5) is 17.2. The Morgan fingerprint density at radius 3 is 2.58 bits per heavy atom. The molecule has 3 heterocycles. The Bertz CT molecular complexity index is 1250. The van der Waals surface area contributed by atoms with Crippen molar-refractivity contribution < 1.29 is 23.1 Å². The van der Waals surface area contributed by atoms with Gasteiger partial charge < -0.3 is 19.6 Å². The first kappa shape index (κ1) is 27.1. The van der Waals surface area contributed by atoms with Crippen molar-refractivity contribution in [1.29, 1.82) is 0 Å². The van der Waals surface area contributed by atoms with Crippen molar-refractivity contribution in [2.75, 3.05) is 46.4 Å². The fraction of sp³-hybridized carbons (Fsp3) is 0.630. The number of piperidine rings is 1. The topological polar surface area (TPSA) is 117 Å². The Balaban J connectivity index is 1.43. The van der Waals surface area contributed by atoms with Crippen LogP contribution in [0.15, 0.2) is 35.5 Å². The van der Waals surface area contributed by atoms with Crippen LogP contribution >= 0.6 is 0 Å². The molecule has 1 aromatic carbocycles. The molecule has 10 nitrogen and oxygen atoms in total. The van der Waals surface area contributed by atoms with E-state index in [2.05, 4.69) is 9.82 Å². The van der Waals surface area contributed by atoms with Gasteiger partial charge in [-0.2, -0.15) is 5.10 Å². The van der Waals surface area contributed by atoms with Crippen LogP contribution in [0.1, 0.15) is 38.5 Å². The minimum absolute atomic E-state index is 0.0512. The zero-order chi connectivity index (χ0) is 26.9. The molecule has 2 fully saturated rings. The Hall–Kier alpha value is -2.47. The zero-order valence-corrected chi connectivity index (χ0v) is 23.1. The molecule has 2 aromatic rings. The van der Waals surface area contributed by atoms with Gasteiger partial charge >= 0.3 is 0 Å². The van der Waals surface area contributed by atoms with Crippen molar-refractivity contribution in [1.82, 2.24) is 24.3 Å². The van der Waals surface area contributed by atoms with Crippen molar-refractivity contribution in [2.24, 2.45) is 18.4 Å². The van der Waals surface area contributed by atoms with Crippen LogP contribution in [-0.2, 0) is 21.9 Å². The van der Waals surface area contributed by atoms with E-state index in [9.17, 15) is 18.3 Å².